The Balaban J connectivity index is 1.70. The van der Waals surface area contributed by atoms with Crippen molar-refractivity contribution in [1.82, 2.24) is 14.9 Å². The van der Waals surface area contributed by atoms with Crippen LogP contribution in [0.5, 0.6) is 5.88 Å². The molecule has 0 amide bonds. The molecule has 21 heavy (non-hydrogen) atoms. The quantitative estimate of drug-likeness (QED) is 0.818. The summed E-state index contributed by atoms with van der Waals surface area (Å²) in [6.07, 6.45) is 4.17. The number of aromatic nitrogens is 2. The summed E-state index contributed by atoms with van der Waals surface area (Å²) < 4.78 is 11.5. The summed E-state index contributed by atoms with van der Waals surface area (Å²) in [6.45, 7) is 5.74. The largest absolute Gasteiger partial charge is 0.480 e. The lowest BCUT2D eigenvalue weighted by Crippen LogP contribution is -2.52. The van der Waals surface area contributed by atoms with Gasteiger partial charge < -0.3 is 14.4 Å². The molecule has 3 heterocycles. The van der Waals surface area contributed by atoms with E-state index in [0.29, 0.717) is 11.9 Å². The molecule has 116 valence electrons. The van der Waals surface area contributed by atoms with Gasteiger partial charge in [0.05, 0.1) is 31.0 Å². The normalized spacial score (nSPS) is 24.1. The summed E-state index contributed by atoms with van der Waals surface area (Å²) >= 11 is 3.40. The topological polar surface area (TPSA) is 50.7 Å². The van der Waals surface area contributed by atoms with E-state index in [9.17, 15) is 0 Å². The molecule has 0 N–H and O–H groups in total. The van der Waals surface area contributed by atoms with Crippen molar-refractivity contribution in [1.29, 1.82) is 0 Å². The van der Waals surface area contributed by atoms with Gasteiger partial charge >= 0.3 is 0 Å². The molecular formula is C14H21BrN4O2. The zero-order valence-electron chi connectivity index (χ0n) is 12.3. The Morgan fingerprint density at radius 1 is 1.33 bits per heavy atom. The summed E-state index contributed by atoms with van der Waals surface area (Å²) in [5.74, 6) is 1.35. The second-order valence-corrected chi connectivity index (χ2v) is 6.27. The molecule has 2 saturated heterocycles. The molecule has 2 aliphatic rings. The van der Waals surface area contributed by atoms with E-state index in [-0.39, 0.29) is 0 Å². The number of methoxy groups -OCH3 is 1. The molecule has 2 fully saturated rings. The maximum absolute atomic E-state index is 5.44. The highest BCUT2D eigenvalue weighted by molar-refractivity contribution is 9.10. The molecule has 0 aromatic carbocycles. The molecule has 1 unspecified atom stereocenters. The Morgan fingerprint density at radius 3 is 2.90 bits per heavy atom. The fourth-order valence-corrected chi connectivity index (χ4v) is 3.37. The van der Waals surface area contributed by atoms with Crippen LogP contribution in [0.4, 0.5) is 5.95 Å². The molecule has 0 aliphatic carbocycles. The molecule has 1 aromatic rings. The number of hydrogen-bond acceptors (Lipinski definition) is 6. The second-order valence-electron chi connectivity index (χ2n) is 5.42. The highest BCUT2D eigenvalue weighted by Crippen LogP contribution is 2.26. The first kappa shape index (κ1) is 15.0. The van der Waals surface area contributed by atoms with Gasteiger partial charge in [-0.3, -0.25) is 4.90 Å². The summed E-state index contributed by atoms with van der Waals surface area (Å²) in [6, 6.07) is 0.570. The van der Waals surface area contributed by atoms with Gasteiger partial charge in [0.15, 0.2) is 0 Å². The number of halogens is 1. The SMILES string of the molecule is COc1nc(N2CCCC(N3CCOCC3)C2)ncc1Br. The van der Waals surface area contributed by atoms with Gasteiger partial charge in [-0.15, -0.1) is 0 Å². The fraction of sp³-hybridized carbons (Fsp3) is 0.714. The van der Waals surface area contributed by atoms with Crippen molar-refractivity contribution in [3.05, 3.63) is 10.7 Å². The number of rotatable bonds is 3. The van der Waals surface area contributed by atoms with E-state index in [1.807, 2.05) is 0 Å². The van der Waals surface area contributed by atoms with Crippen LogP contribution in [-0.4, -0.2) is 67.4 Å². The minimum Gasteiger partial charge on any atom is -0.480 e. The first-order valence-corrected chi connectivity index (χ1v) is 8.20. The van der Waals surface area contributed by atoms with E-state index in [1.165, 1.54) is 12.8 Å². The highest BCUT2D eigenvalue weighted by atomic mass is 79.9. The molecule has 7 heteroatoms. The maximum atomic E-state index is 5.44. The van der Waals surface area contributed by atoms with E-state index in [4.69, 9.17) is 9.47 Å². The predicted octanol–water partition coefficient (Wildman–Crippen LogP) is 1.55. The van der Waals surface area contributed by atoms with Crippen molar-refractivity contribution in [2.24, 2.45) is 0 Å². The first-order chi connectivity index (χ1) is 10.3. The minimum absolute atomic E-state index is 0.570. The van der Waals surface area contributed by atoms with Gasteiger partial charge in [-0.25, -0.2) is 4.98 Å². The summed E-state index contributed by atoms with van der Waals surface area (Å²) in [4.78, 5) is 13.7. The van der Waals surface area contributed by atoms with Gasteiger partial charge in [-0.05, 0) is 28.8 Å². The zero-order chi connectivity index (χ0) is 14.7. The van der Waals surface area contributed by atoms with E-state index in [1.54, 1.807) is 13.3 Å². The number of morpholine rings is 1. The molecule has 6 nitrogen and oxygen atoms in total. The lowest BCUT2D eigenvalue weighted by Gasteiger charge is -2.40. The summed E-state index contributed by atoms with van der Waals surface area (Å²) in [5.41, 5.74) is 0. The third-order valence-corrected chi connectivity index (χ3v) is 4.68. The summed E-state index contributed by atoms with van der Waals surface area (Å²) in [5, 5.41) is 0. The van der Waals surface area contributed by atoms with Gasteiger partial charge in [0, 0.05) is 32.2 Å². The Hall–Kier alpha value is -0.920. The smallest absolute Gasteiger partial charge is 0.232 e. The molecule has 1 aromatic heterocycles. The van der Waals surface area contributed by atoms with Crippen LogP contribution in [0.3, 0.4) is 0 Å². The number of nitrogens with zero attached hydrogens (tertiary/aromatic N) is 4. The van der Waals surface area contributed by atoms with Crippen LogP contribution in [-0.2, 0) is 4.74 Å². The van der Waals surface area contributed by atoms with Gasteiger partial charge in [-0.2, -0.15) is 4.98 Å². The van der Waals surface area contributed by atoms with Crippen LogP contribution in [0.2, 0.25) is 0 Å². The average Bonchev–Trinajstić information content (AvgIpc) is 2.56. The maximum Gasteiger partial charge on any atom is 0.232 e. The van der Waals surface area contributed by atoms with E-state index in [2.05, 4.69) is 35.7 Å². The number of piperidine rings is 1. The van der Waals surface area contributed by atoms with Crippen molar-refractivity contribution < 1.29 is 9.47 Å². The lowest BCUT2D eigenvalue weighted by molar-refractivity contribution is 0.0136. The van der Waals surface area contributed by atoms with Crippen LogP contribution in [0.25, 0.3) is 0 Å². The third kappa shape index (κ3) is 3.46. The Bertz CT molecular complexity index is 482. The molecule has 3 rings (SSSR count). The molecule has 0 radical (unpaired) electrons. The number of ether oxygens (including phenoxy) is 2. The van der Waals surface area contributed by atoms with E-state index in [0.717, 1.165) is 49.8 Å². The standard InChI is InChI=1S/C14H21BrN4O2/c1-20-13-12(15)9-16-14(17-13)19-4-2-3-11(10-19)18-5-7-21-8-6-18/h9,11H,2-8,10H2,1H3. The Morgan fingerprint density at radius 2 is 2.14 bits per heavy atom. The van der Waals surface area contributed by atoms with Crippen molar-refractivity contribution in [3.8, 4) is 5.88 Å². The van der Waals surface area contributed by atoms with Crippen LogP contribution in [0, 0.1) is 0 Å². The van der Waals surface area contributed by atoms with Crippen molar-refractivity contribution in [3.63, 3.8) is 0 Å². The summed E-state index contributed by atoms with van der Waals surface area (Å²) in [7, 11) is 1.63. The molecule has 1 atom stereocenters. The Labute approximate surface area is 133 Å². The second kappa shape index (κ2) is 6.89. The molecular weight excluding hydrogens is 336 g/mol. The van der Waals surface area contributed by atoms with Gasteiger partial charge in [0.1, 0.15) is 0 Å². The number of anilines is 1. The predicted molar refractivity (Wildman–Crippen MR) is 83.9 cm³/mol. The van der Waals surface area contributed by atoms with Crippen molar-refractivity contribution >= 4 is 21.9 Å². The monoisotopic (exact) mass is 356 g/mol. The molecule has 2 aliphatic heterocycles. The molecule has 0 bridgehead atoms. The van der Waals surface area contributed by atoms with Crippen LogP contribution in [0.1, 0.15) is 12.8 Å². The Kier molecular flexibility index (Phi) is 4.92. The number of hydrogen-bond donors (Lipinski definition) is 0. The molecule has 0 spiro atoms. The van der Waals surface area contributed by atoms with Crippen LogP contribution < -0.4 is 9.64 Å². The fourth-order valence-electron chi connectivity index (χ4n) is 3.02. The van der Waals surface area contributed by atoms with Crippen LogP contribution >= 0.6 is 15.9 Å². The van der Waals surface area contributed by atoms with Crippen LogP contribution in [0.15, 0.2) is 10.7 Å². The van der Waals surface area contributed by atoms with E-state index < -0.39 is 0 Å². The van der Waals surface area contributed by atoms with Gasteiger partial charge in [0.2, 0.25) is 11.8 Å². The first-order valence-electron chi connectivity index (χ1n) is 7.41. The minimum atomic E-state index is 0.570. The third-order valence-electron chi connectivity index (χ3n) is 4.13. The lowest BCUT2D eigenvalue weighted by atomic mass is 10.0. The van der Waals surface area contributed by atoms with Crippen molar-refractivity contribution in [2.75, 3.05) is 51.4 Å². The highest BCUT2D eigenvalue weighted by Gasteiger charge is 2.28. The molecule has 0 saturated carbocycles. The van der Waals surface area contributed by atoms with Crippen molar-refractivity contribution in [2.45, 2.75) is 18.9 Å². The van der Waals surface area contributed by atoms with Gasteiger partial charge in [0.25, 0.3) is 0 Å². The van der Waals surface area contributed by atoms with Gasteiger partial charge in [-0.1, -0.05) is 0 Å². The van der Waals surface area contributed by atoms with E-state index >= 15 is 0 Å². The zero-order valence-corrected chi connectivity index (χ0v) is 13.9. The average molecular weight is 357 g/mol.